The van der Waals surface area contributed by atoms with Crippen LogP contribution >= 0.6 is 0 Å². The fourth-order valence-electron chi connectivity index (χ4n) is 3.16. The van der Waals surface area contributed by atoms with E-state index in [0.717, 1.165) is 43.6 Å². The van der Waals surface area contributed by atoms with Gasteiger partial charge < -0.3 is 14.9 Å². The van der Waals surface area contributed by atoms with Gasteiger partial charge in [0, 0.05) is 32.2 Å². The van der Waals surface area contributed by atoms with E-state index in [1.165, 1.54) is 12.8 Å². The zero-order valence-electron chi connectivity index (χ0n) is 12.5. The van der Waals surface area contributed by atoms with Gasteiger partial charge in [-0.2, -0.15) is 0 Å². The summed E-state index contributed by atoms with van der Waals surface area (Å²) in [6.07, 6.45) is 3.83. The lowest BCUT2D eigenvalue weighted by Gasteiger charge is -2.31. The van der Waals surface area contributed by atoms with Gasteiger partial charge in [-0.25, -0.2) is 9.97 Å². The van der Waals surface area contributed by atoms with Crippen molar-refractivity contribution in [1.82, 2.24) is 9.97 Å². The molecule has 0 radical (unpaired) electrons. The maximum absolute atomic E-state index is 11.0. The topological polar surface area (TPSA) is 69.6 Å². The molecule has 1 N–H and O–H groups in total. The molecule has 1 aromatic heterocycles. The third kappa shape index (κ3) is 3.09. The molecular weight excluding hydrogens is 268 g/mol. The number of nitrogens with zero attached hydrogens (tertiary/aromatic N) is 4. The zero-order chi connectivity index (χ0) is 14.8. The van der Waals surface area contributed by atoms with Crippen LogP contribution in [0.5, 0.6) is 0 Å². The number of rotatable bonds is 3. The first-order valence-corrected chi connectivity index (χ1v) is 7.72. The number of carbonyl (C=O) groups is 1. The minimum Gasteiger partial charge on any atom is -0.481 e. The van der Waals surface area contributed by atoms with Crippen LogP contribution in [0, 0.1) is 12.8 Å². The molecule has 0 aliphatic carbocycles. The quantitative estimate of drug-likeness (QED) is 0.913. The molecule has 0 atom stereocenters. The second-order valence-corrected chi connectivity index (χ2v) is 5.93. The number of carboxylic acids is 1. The Labute approximate surface area is 124 Å². The summed E-state index contributed by atoms with van der Waals surface area (Å²) in [5, 5.41) is 9.08. The number of hydrogen-bond acceptors (Lipinski definition) is 5. The molecule has 0 bridgehead atoms. The van der Waals surface area contributed by atoms with Crippen molar-refractivity contribution in [1.29, 1.82) is 0 Å². The summed E-state index contributed by atoms with van der Waals surface area (Å²) in [7, 11) is 0. The van der Waals surface area contributed by atoms with Gasteiger partial charge >= 0.3 is 5.97 Å². The van der Waals surface area contributed by atoms with Crippen LogP contribution in [0.1, 0.15) is 31.5 Å². The molecule has 2 fully saturated rings. The molecule has 3 rings (SSSR count). The molecule has 0 aromatic carbocycles. The van der Waals surface area contributed by atoms with Crippen LogP contribution in [0.3, 0.4) is 0 Å². The molecule has 21 heavy (non-hydrogen) atoms. The molecule has 2 aliphatic heterocycles. The van der Waals surface area contributed by atoms with Crippen LogP contribution < -0.4 is 9.80 Å². The number of carboxylic acid groups (broad SMARTS) is 1. The largest absolute Gasteiger partial charge is 0.481 e. The van der Waals surface area contributed by atoms with E-state index in [1.54, 1.807) is 0 Å². The van der Waals surface area contributed by atoms with E-state index in [0.29, 0.717) is 12.8 Å². The van der Waals surface area contributed by atoms with Crippen molar-refractivity contribution in [3.05, 3.63) is 11.9 Å². The van der Waals surface area contributed by atoms with Crippen LogP contribution in [-0.2, 0) is 4.79 Å². The Morgan fingerprint density at radius 1 is 1.10 bits per heavy atom. The van der Waals surface area contributed by atoms with Gasteiger partial charge in [0.05, 0.1) is 5.92 Å². The van der Waals surface area contributed by atoms with E-state index in [-0.39, 0.29) is 5.92 Å². The first kappa shape index (κ1) is 14.1. The third-order valence-corrected chi connectivity index (χ3v) is 4.41. The van der Waals surface area contributed by atoms with E-state index in [9.17, 15) is 4.79 Å². The fourth-order valence-corrected chi connectivity index (χ4v) is 3.16. The lowest BCUT2D eigenvalue weighted by molar-refractivity contribution is -0.142. The van der Waals surface area contributed by atoms with Gasteiger partial charge in [-0.3, -0.25) is 4.79 Å². The van der Waals surface area contributed by atoms with E-state index in [2.05, 4.69) is 25.8 Å². The normalized spacial score (nSPS) is 20.0. The van der Waals surface area contributed by atoms with Crippen molar-refractivity contribution < 1.29 is 9.90 Å². The van der Waals surface area contributed by atoms with Gasteiger partial charge in [0.1, 0.15) is 17.5 Å². The van der Waals surface area contributed by atoms with Gasteiger partial charge in [-0.15, -0.1) is 0 Å². The van der Waals surface area contributed by atoms with Crippen LogP contribution in [-0.4, -0.2) is 47.2 Å². The highest BCUT2D eigenvalue weighted by Gasteiger charge is 2.26. The summed E-state index contributed by atoms with van der Waals surface area (Å²) in [5.41, 5.74) is 0. The SMILES string of the molecule is Cc1nc(N2CCCC2)cc(N2CCC(C(=O)O)CC2)n1. The lowest BCUT2D eigenvalue weighted by Crippen LogP contribution is -2.37. The smallest absolute Gasteiger partial charge is 0.306 e. The minimum absolute atomic E-state index is 0.206. The van der Waals surface area contributed by atoms with Crippen molar-refractivity contribution in [2.75, 3.05) is 36.0 Å². The minimum atomic E-state index is -0.675. The number of hydrogen-bond donors (Lipinski definition) is 1. The molecule has 0 unspecified atom stereocenters. The molecule has 2 aliphatic rings. The predicted octanol–water partition coefficient (Wildman–Crippen LogP) is 1.69. The second kappa shape index (κ2) is 5.87. The average molecular weight is 290 g/mol. The molecule has 0 spiro atoms. The fraction of sp³-hybridized carbons (Fsp3) is 0.667. The summed E-state index contributed by atoms with van der Waals surface area (Å²) in [4.78, 5) is 24.6. The number of aliphatic carboxylic acids is 1. The molecular formula is C15H22N4O2. The first-order chi connectivity index (χ1) is 10.1. The maximum Gasteiger partial charge on any atom is 0.306 e. The Bertz CT molecular complexity index is 520. The van der Waals surface area contributed by atoms with Crippen LogP contribution in [0.15, 0.2) is 6.07 Å². The molecule has 2 saturated heterocycles. The number of piperidine rings is 1. The lowest BCUT2D eigenvalue weighted by atomic mass is 9.97. The highest BCUT2D eigenvalue weighted by atomic mass is 16.4. The Hall–Kier alpha value is -1.85. The molecule has 3 heterocycles. The number of aryl methyl sites for hydroxylation is 1. The highest BCUT2D eigenvalue weighted by molar-refractivity contribution is 5.70. The van der Waals surface area contributed by atoms with Crippen molar-refractivity contribution in [2.45, 2.75) is 32.6 Å². The third-order valence-electron chi connectivity index (χ3n) is 4.41. The van der Waals surface area contributed by atoms with Crippen molar-refractivity contribution in [3.63, 3.8) is 0 Å². The Morgan fingerprint density at radius 3 is 2.14 bits per heavy atom. The van der Waals surface area contributed by atoms with Crippen molar-refractivity contribution >= 4 is 17.6 Å². The summed E-state index contributed by atoms with van der Waals surface area (Å²) in [5.74, 6) is 1.85. The second-order valence-electron chi connectivity index (χ2n) is 5.93. The van der Waals surface area contributed by atoms with Crippen LogP contribution in [0.2, 0.25) is 0 Å². The summed E-state index contributed by atoms with van der Waals surface area (Å²) in [6, 6.07) is 2.05. The first-order valence-electron chi connectivity index (χ1n) is 7.72. The standard InChI is InChI=1S/C15H22N4O2/c1-11-16-13(18-6-2-3-7-18)10-14(17-11)19-8-4-12(5-9-19)15(20)21/h10,12H,2-9H2,1H3,(H,20,21). The molecule has 6 nitrogen and oxygen atoms in total. The van der Waals surface area contributed by atoms with Crippen molar-refractivity contribution in [3.8, 4) is 0 Å². The molecule has 1 aromatic rings. The van der Waals surface area contributed by atoms with E-state index in [4.69, 9.17) is 5.11 Å². The van der Waals surface area contributed by atoms with E-state index >= 15 is 0 Å². The van der Waals surface area contributed by atoms with Gasteiger partial charge in [0.25, 0.3) is 0 Å². The highest BCUT2D eigenvalue weighted by Crippen LogP contribution is 2.26. The Balaban J connectivity index is 1.74. The number of anilines is 2. The Kier molecular flexibility index (Phi) is 3.94. The maximum atomic E-state index is 11.0. The average Bonchev–Trinajstić information content (AvgIpc) is 3.01. The monoisotopic (exact) mass is 290 g/mol. The zero-order valence-corrected chi connectivity index (χ0v) is 12.5. The summed E-state index contributed by atoms with van der Waals surface area (Å²) >= 11 is 0. The molecule has 114 valence electrons. The summed E-state index contributed by atoms with van der Waals surface area (Å²) < 4.78 is 0. The number of aromatic nitrogens is 2. The van der Waals surface area contributed by atoms with Gasteiger partial charge in [-0.1, -0.05) is 0 Å². The van der Waals surface area contributed by atoms with Crippen molar-refractivity contribution in [2.24, 2.45) is 5.92 Å². The van der Waals surface area contributed by atoms with Crippen LogP contribution in [0.4, 0.5) is 11.6 Å². The van der Waals surface area contributed by atoms with Gasteiger partial charge in [-0.05, 0) is 32.6 Å². The van der Waals surface area contributed by atoms with E-state index in [1.807, 2.05) is 6.92 Å². The molecule has 0 amide bonds. The van der Waals surface area contributed by atoms with Crippen LogP contribution in [0.25, 0.3) is 0 Å². The molecule has 0 saturated carbocycles. The summed E-state index contributed by atoms with van der Waals surface area (Å²) in [6.45, 7) is 5.57. The van der Waals surface area contributed by atoms with Gasteiger partial charge in [0.2, 0.25) is 0 Å². The van der Waals surface area contributed by atoms with E-state index < -0.39 is 5.97 Å². The Morgan fingerprint density at radius 2 is 1.62 bits per heavy atom. The molecule has 6 heteroatoms. The predicted molar refractivity (Wildman–Crippen MR) is 80.8 cm³/mol. The van der Waals surface area contributed by atoms with Gasteiger partial charge in [0.15, 0.2) is 0 Å².